The minimum Gasteiger partial charge on any atom is -0.113 e. The van der Waals surface area contributed by atoms with E-state index in [1.165, 1.54) is 33.4 Å². The molecule has 0 aliphatic heterocycles. The SMILES string of the molecule is Cc1ccc(C(Cl)c2ccc(C)c(C)c2)c(C)c1. The van der Waals surface area contributed by atoms with Crippen LogP contribution in [0, 0.1) is 27.7 Å². The van der Waals surface area contributed by atoms with Crippen molar-refractivity contribution in [3.05, 3.63) is 69.8 Å². The summed E-state index contributed by atoms with van der Waals surface area (Å²) in [6.07, 6.45) is 0. The average Bonchev–Trinajstić information content (AvgIpc) is 2.32. The van der Waals surface area contributed by atoms with Crippen LogP contribution < -0.4 is 0 Å². The van der Waals surface area contributed by atoms with Crippen molar-refractivity contribution in [3.63, 3.8) is 0 Å². The lowest BCUT2D eigenvalue weighted by Gasteiger charge is -2.15. The topological polar surface area (TPSA) is 0 Å². The van der Waals surface area contributed by atoms with E-state index in [1.54, 1.807) is 0 Å². The number of aryl methyl sites for hydroxylation is 4. The second kappa shape index (κ2) is 5.16. The third-order valence-corrected chi connectivity index (χ3v) is 4.01. The summed E-state index contributed by atoms with van der Waals surface area (Å²) in [6, 6.07) is 12.9. The smallest absolute Gasteiger partial charge is 0.0838 e. The highest BCUT2D eigenvalue weighted by Gasteiger charge is 2.13. The van der Waals surface area contributed by atoms with Gasteiger partial charge in [-0.3, -0.25) is 0 Å². The van der Waals surface area contributed by atoms with E-state index in [0.29, 0.717) is 0 Å². The van der Waals surface area contributed by atoms with Gasteiger partial charge in [0.15, 0.2) is 0 Å². The molecule has 0 saturated carbocycles. The zero-order valence-corrected chi connectivity index (χ0v) is 12.2. The van der Waals surface area contributed by atoms with Gasteiger partial charge >= 0.3 is 0 Å². The monoisotopic (exact) mass is 258 g/mol. The molecule has 0 nitrogen and oxygen atoms in total. The van der Waals surface area contributed by atoms with E-state index in [2.05, 4.69) is 64.1 Å². The molecule has 0 radical (unpaired) electrons. The fourth-order valence-corrected chi connectivity index (χ4v) is 2.59. The molecule has 0 amide bonds. The Morgan fingerprint density at radius 2 is 1.50 bits per heavy atom. The van der Waals surface area contributed by atoms with Crippen molar-refractivity contribution < 1.29 is 0 Å². The molecule has 1 heteroatoms. The maximum atomic E-state index is 6.61. The summed E-state index contributed by atoms with van der Waals surface area (Å²) < 4.78 is 0. The first-order valence-electron chi connectivity index (χ1n) is 6.27. The number of hydrogen-bond donors (Lipinski definition) is 0. The second-order valence-corrected chi connectivity index (χ2v) is 5.50. The maximum absolute atomic E-state index is 6.61. The summed E-state index contributed by atoms with van der Waals surface area (Å²) in [7, 11) is 0. The highest BCUT2D eigenvalue weighted by molar-refractivity contribution is 6.22. The molecule has 2 aromatic carbocycles. The first-order valence-corrected chi connectivity index (χ1v) is 6.71. The fraction of sp³-hybridized carbons (Fsp3) is 0.294. The van der Waals surface area contributed by atoms with Gasteiger partial charge in [0.05, 0.1) is 5.38 Å². The van der Waals surface area contributed by atoms with Crippen molar-refractivity contribution in [2.45, 2.75) is 33.1 Å². The summed E-state index contributed by atoms with van der Waals surface area (Å²) in [5, 5.41) is -0.0649. The van der Waals surface area contributed by atoms with Crippen molar-refractivity contribution in [1.29, 1.82) is 0 Å². The Morgan fingerprint density at radius 1 is 0.778 bits per heavy atom. The minimum absolute atomic E-state index is 0.0649. The lowest BCUT2D eigenvalue weighted by Crippen LogP contribution is -1.98. The van der Waals surface area contributed by atoms with E-state index in [4.69, 9.17) is 11.6 Å². The van der Waals surface area contributed by atoms with Crippen LogP contribution in [0.3, 0.4) is 0 Å². The quantitative estimate of drug-likeness (QED) is 0.646. The molecule has 2 rings (SSSR count). The molecular weight excluding hydrogens is 240 g/mol. The molecule has 0 fully saturated rings. The summed E-state index contributed by atoms with van der Waals surface area (Å²) in [5.41, 5.74) is 7.51. The van der Waals surface area contributed by atoms with Gasteiger partial charge in [-0.05, 0) is 55.5 Å². The van der Waals surface area contributed by atoms with E-state index < -0.39 is 0 Å². The number of halogens is 1. The van der Waals surface area contributed by atoms with Crippen LogP contribution >= 0.6 is 11.6 Å². The number of alkyl halides is 1. The summed E-state index contributed by atoms with van der Waals surface area (Å²) in [4.78, 5) is 0. The molecule has 0 aliphatic carbocycles. The third kappa shape index (κ3) is 2.59. The zero-order chi connectivity index (χ0) is 13.3. The van der Waals surface area contributed by atoms with Gasteiger partial charge in [0.2, 0.25) is 0 Å². The standard InChI is InChI=1S/C17H19Cl/c1-11-5-8-16(14(4)9-11)17(18)15-7-6-12(2)13(3)10-15/h5-10,17H,1-4H3. The lowest BCUT2D eigenvalue weighted by atomic mass is 9.96. The normalized spacial score (nSPS) is 12.5. The third-order valence-electron chi connectivity index (χ3n) is 3.52. The van der Waals surface area contributed by atoms with Crippen molar-refractivity contribution in [1.82, 2.24) is 0 Å². The Bertz CT molecular complexity index is 570. The van der Waals surface area contributed by atoms with Gasteiger partial charge in [-0.25, -0.2) is 0 Å². The molecule has 0 saturated heterocycles. The predicted octanol–water partition coefficient (Wildman–Crippen LogP) is 5.25. The molecule has 18 heavy (non-hydrogen) atoms. The largest absolute Gasteiger partial charge is 0.113 e. The summed E-state index contributed by atoms with van der Waals surface area (Å²) >= 11 is 6.61. The van der Waals surface area contributed by atoms with Crippen LogP contribution in [0.4, 0.5) is 0 Å². The van der Waals surface area contributed by atoms with Gasteiger partial charge in [0.25, 0.3) is 0 Å². The van der Waals surface area contributed by atoms with Crippen LogP contribution in [0.2, 0.25) is 0 Å². The maximum Gasteiger partial charge on any atom is 0.0838 e. The predicted molar refractivity (Wildman–Crippen MR) is 79.5 cm³/mol. The first-order chi connectivity index (χ1) is 8.49. The molecule has 94 valence electrons. The molecule has 0 aliphatic rings. The molecule has 1 atom stereocenters. The highest BCUT2D eigenvalue weighted by atomic mass is 35.5. The molecule has 0 spiro atoms. The summed E-state index contributed by atoms with van der Waals surface area (Å²) in [5.74, 6) is 0. The number of hydrogen-bond acceptors (Lipinski definition) is 0. The van der Waals surface area contributed by atoms with Crippen LogP contribution in [0.15, 0.2) is 36.4 Å². The van der Waals surface area contributed by atoms with Crippen molar-refractivity contribution in [2.24, 2.45) is 0 Å². The first kappa shape index (κ1) is 13.2. The van der Waals surface area contributed by atoms with Crippen molar-refractivity contribution in [2.75, 3.05) is 0 Å². The number of benzene rings is 2. The fourth-order valence-electron chi connectivity index (χ4n) is 2.21. The minimum atomic E-state index is -0.0649. The molecule has 0 heterocycles. The molecular formula is C17H19Cl. The molecule has 0 N–H and O–H groups in total. The molecule has 2 aromatic rings. The zero-order valence-electron chi connectivity index (χ0n) is 11.4. The Labute approximate surface area is 115 Å². The Morgan fingerprint density at radius 3 is 2.11 bits per heavy atom. The Kier molecular flexibility index (Phi) is 3.77. The van der Waals surface area contributed by atoms with Crippen LogP contribution in [-0.4, -0.2) is 0 Å². The number of rotatable bonds is 2. The van der Waals surface area contributed by atoms with Crippen LogP contribution in [0.1, 0.15) is 38.8 Å². The van der Waals surface area contributed by atoms with E-state index in [0.717, 1.165) is 0 Å². The molecule has 0 aromatic heterocycles. The Balaban J connectivity index is 2.41. The van der Waals surface area contributed by atoms with Crippen molar-refractivity contribution in [3.8, 4) is 0 Å². The highest BCUT2D eigenvalue weighted by Crippen LogP contribution is 2.32. The van der Waals surface area contributed by atoms with Crippen molar-refractivity contribution >= 4 is 11.6 Å². The Hall–Kier alpha value is -1.27. The molecule has 0 bridgehead atoms. The van der Waals surface area contributed by atoms with Gasteiger partial charge in [-0.15, -0.1) is 11.6 Å². The van der Waals surface area contributed by atoms with E-state index in [1.807, 2.05) is 0 Å². The summed E-state index contributed by atoms with van der Waals surface area (Å²) in [6.45, 7) is 8.48. The van der Waals surface area contributed by atoms with E-state index >= 15 is 0 Å². The van der Waals surface area contributed by atoms with Gasteiger partial charge in [-0.1, -0.05) is 42.0 Å². The molecule has 1 unspecified atom stereocenters. The van der Waals surface area contributed by atoms with Crippen LogP contribution in [-0.2, 0) is 0 Å². The van der Waals surface area contributed by atoms with Gasteiger partial charge in [0.1, 0.15) is 0 Å². The van der Waals surface area contributed by atoms with Crippen LogP contribution in [0.25, 0.3) is 0 Å². The van der Waals surface area contributed by atoms with E-state index in [-0.39, 0.29) is 5.38 Å². The van der Waals surface area contributed by atoms with Gasteiger partial charge in [-0.2, -0.15) is 0 Å². The van der Waals surface area contributed by atoms with E-state index in [9.17, 15) is 0 Å². The average molecular weight is 259 g/mol. The lowest BCUT2D eigenvalue weighted by molar-refractivity contribution is 1.09. The van der Waals surface area contributed by atoms with Gasteiger partial charge < -0.3 is 0 Å². The second-order valence-electron chi connectivity index (χ2n) is 5.07. The van der Waals surface area contributed by atoms with Crippen LogP contribution in [0.5, 0.6) is 0 Å². The van der Waals surface area contributed by atoms with Gasteiger partial charge in [0, 0.05) is 0 Å².